The van der Waals surface area contributed by atoms with Gasteiger partial charge in [-0.2, -0.15) is 0 Å². The Balaban J connectivity index is 1.17. The maximum atomic E-state index is 13.7. The number of rotatable bonds is 10. The molecule has 1 aromatic heterocycles. The van der Waals surface area contributed by atoms with Gasteiger partial charge in [0, 0.05) is 23.6 Å². The van der Waals surface area contributed by atoms with E-state index in [1.807, 2.05) is 29.3 Å². The first-order valence-corrected chi connectivity index (χ1v) is 14.3. The van der Waals surface area contributed by atoms with E-state index in [0.29, 0.717) is 25.6 Å². The smallest absolute Gasteiger partial charge is 0.410 e. The standard InChI is InChI=1S/C33H36N4O4/c1-22(23-9-8-10-23)37(20-25-19-36(35-34-25)18-24-15-16-26(39-2)17-32(24)40-3)33(38)41-21-31-29-13-6-4-11-27(29)28-12-5-7-14-30(28)31/h4-7,11-17,19,22-23,31H,8-10,18,20-21H2,1-3H3. The van der Waals surface area contributed by atoms with Gasteiger partial charge in [-0.3, -0.25) is 4.90 Å². The molecular weight excluding hydrogens is 516 g/mol. The molecule has 0 saturated heterocycles. The SMILES string of the molecule is COc1ccc(Cn2cc(CN(C(=O)OCC3c4ccccc4-c4ccccc43)C(C)C3CCC3)nn2)c(OC)c1. The molecule has 1 saturated carbocycles. The Morgan fingerprint density at radius 2 is 1.71 bits per heavy atom. The maximum absolute atomic E-state index is 13.7. The molecule has 0 aliphatic heterocycles. The van der Waals surface area contributed by atoms with Crippen LogP contribution in [0.15, 0.2) is 72.9 Å². The van der Waals surface area contributed by atoms with Crippen LogP contribution in [0.3, 0.4) is 0 Å². The van der Waals surface area contributed by atoms with Crippen molar-refractivity contribution < 1.29 is 19.0 Å². The molecule has 41 heavy (non-hydrogen) atoms. The van der Waals surface area contributed by atoms with Crippen molar-refractivity contribution in [2.24, 2.45) is 5.92 Å². The topological polar surface area (TPSA) is 78.7 Å². The summed E-state index contributed by atoms with van der Waals surface area (Å²) in [4.78, 5) is 15.5. The van der Waals surface area contributed by atoms with E-state index >= 15 is 0 Å². The molecule has 212 valence electrons. The molecule has 0 bridgehead atoms. The summed E-state index contributed by atoms with van der Waals surface area (Å²) in [6.07, 6.45) is 5.03. The zero-order valence-electron chi connectivity index (χ0n) is 23.8. The van der Waals surface area contributed by atoms with Crippen molar-refractivity contribution in [1.29, 1.82) is 0 Å². The van der Waals surface area contributed by atoms with Gasteiger partial charge in [-0.15, -0.1) is 5.10 Å². The highest BCUT2D eigenvalue weighted by atomic mass is 16.6. The average molecular weight is 553 g/mol. The number of methoxy groups -OCH3 is 2. The van der Waals surface area contributed by atoms with Crippen molar-refractivity contribution in [2.45, 2.75) is 51.2 Å². The summed E-state index contributed by atoms with van der Waals surface area (Å²) in [5.41, 5.74) is 6.52. The van der Waals surface area contributed by atoms with Gasteiger partial charge < -0.3 is 14.2 Å². The molecule has 0 spiro atoms. The van der Waals surface area contributed by atoms with Crippen molar-refractivity contribution in [3.8, 4) is 22.6 Å². The number of ether oxygens (including phenoxy) is 3. The molecule has 1 atom stereocenters. The first-order valence-electron chi connectivity index (χ1n) is 14.3. The fraction of sp³-hybridized carbons (Fsp3) is 0.364. The van der Waals surface area contributed by atoms with Crippen LogP contribution in [0.5, 0.6) is 11.5 Å². The predicted molar refractivity (Wildman–Crippen MR) is 156 cm³/mol. The predicted octanol–water partition coefficient (Wildman–Crippen LogP) is 6.28. The van der Waals surface area contributed by atoms with Crippen LogP contribution in [0, 0.1) is 5.92 Å². The van der Waals surface area contributed by atoms with Gasteiger partial charge in [0.05, 0.1) is 33.5 Å². The van der Waals surface area contributed by atoms with E-state index in [0.717, 1.165) is 35.6 Å². The minimum atomic E-state index is -0.308. The first-order chi connectivity index (χ1) is 20.1. The number of benzene rings is 3. The van der Waals surface area contributed by atoms with Crippen molar-refractivity contribution in [3.05, 3.63) is 95.3 Å². The molecule has 1 unspecified atom stereocenters. The van der Waals surface area contributed by atoms with E-state index in [2.05, 4.69) is 65.8 Å². The maximum Gasteiger partial charge on any atom is 0.410 e. The number of nitrogens with zero attached hydrogens (tertiary/aromatic N) is 4. The third-order valence-corrected chi connectivity index (χ3v) is 8.64. The molecule has 8 nitrogen and oxygen atoms in total. The van der Waals surface area contributed by atoms with E-state index in [1.54, 1.807) is 18.9 Å². The van der Waals surface area contributed by atoms with Gasteiger partial charge >= 0.3 is 6.09 Å². The lowest BCUT2D eigenvalue weighted by atomic mass is 9.80. The first kappa shape index (κ1) is 26.9. The second-order valence-electron chi connectivity index (χ2n) is 10.9. The molecule has 8 heteroatoms. The van der Waals surface area contributed by atoms with Crippen LogP contribution in [-0.2, 0) is 17.8 Å². The summed E-state index contributed by atoms with van der Waals surface area (Å²) < 4.78 is 18.7. The van der Waals surface area contributed by atoms with Gasteiger partial charge in [0.1, 0.15) is 23.8 Å². The summed E-state index contributed by atoms with van der Waals surface area (Å²) in [5.74, 6) is 1.94. The summed E-state index contributed by atoms with van der Waals surface area (Å²) in [7, 11) is 3.27. The van der Waals surface area contributed by atoms with E-state index < -0.39 is 0 Å². The normalized spacial score (nSPS) is 15.0. The highest BCUT2D eigenvalue weighted by molar-refractivity contribution is 5.79. The summed E-state index contributed by atoms with van der Waals surface area (Å²) in [5, 5.41) is 8.74. The van der Waals surface area contributed by atoms with E-state index in [4.69, 9.17) is 14.2 Å². The van der Waals surface area contributed by atoms with Crippen LogP contribution in [-0.4, -0.2) is 52.9 Å². The molecule has 3 aromatic carbocycles. The highest BCUT2D eigenvalue weighted by Crippen LogP contribution is 2.44. The molecule has 1 amide bonds. The molecule has 2 aliphatic carbocycles. The van der Waals surface area contributed by atoms with Crippen LogP contribution in [0.4, 0.5) is 4.79 Å². The second kappa shape index (κ2) is 11.6. The molecule has 1 heterocycles. The fourth-order valence-corrected chi connectivity index (χ4v) is 6.05. The van der Waals surface area contributed by atoms with Crippen molar-refractivity contribution in [3.63, 3.8) is 0 Å². The van der Waals surface area contributed by atoms with Gasteiger partial charge in [0.25, 0.3) is 0 Å². The van der Waals surface area contributed by atoms with Crippen LogP contribution < -0.4 is 9.47 Å². The second-order valence-corrected chi connectivity index (χ2v) is 10.9. The number of carbonyl (C=O) groups excluding carboxylic acids is 1. The number of hydrogen-bond acceptors (Lipinski definition) is 6. The Kier molecular flexibility index (Phi) is 7.63. The van der Waals surface area contributed by atoms with E-state index in [-0.39, 0.29) is 18.1 Å². The third-order valence-electron chi connectivity index (χ3n) is 8.64. The Morgan fingerprint density at radius 3 is 2.34 bits per heavy atom. The van der Waals surface area contributed by atoms with Gasteiger partial charge in [-0.05, 0) is 60.1 Å². The Labute approximate surface area is 240 Å². The van der Waals surface area contributed by atoms with Crippen LogP contribution >= 0.6 is 0 Å². The molecule has 2 aliphatic rings. The lowest BCUT2D eigenvalue weighted by Crippen LogP contribution is -2.45. The van der Waals surface area contributed by atoms with Crippen molar-refractivity contribution in [2.75, 3.05) is 20.8 Å². The molecule has 0 radical (unpaired) electrons. The lowest BCUT2D eigenvalue weighted by molar-refractivity contribution is 0.0563. The van der Waals surface area contributed by atoms with Gasteiger partial charge in [0.2, 0.25) is 0 Å². The van der Waals surface area contributed by atoms with Crippen molar-refractivity contribution in [1.82, 2.24) is 19.9 Å². The van der Waals surface area contributed by atoms with Gasteiger partial charge in [0.15, 0.2) is 0 Å². The highest BCUT2D eigenvalue weighted by Gasteiger charge is 2.34. The summed E-state index contributed by atoms with van der Waals surface area (Å²) in [6.45, 7) is 3.25. The number of fused-ring (bicyclic) bond motifs is 3. The van der Waals surface area contributed by atoms with Crippen LogP contribution in [0.1, 0.15) is 54.5 Å². The molecule has 4 aromatic rings. The molecule has 6 rings (SSSR count). The van der Waals surface area contributed by atoms with E-state index in [9.17, 15) is 4.79 Å². The zero-order valence-corrected chi connectivity index (χ0v) is 23.8. The minimum absolute atomic E-state index is 0.0209. The number of aromatic nitrogens is 3. The quantitative estimate of drug-likeness (QED) is 0.230. The van der Waals surface area contributed by atoms with Crippen LogP contribution in [0.25, 0.3) is 11.1 Å². The lowest BCUT2D eigenvalue weighted by Gasteiger charge is -2.38. The number of hydrogen-bond donors (Lipinski definition) is 0. The molecular formula is C33H36N4O4. The fourth-order valence-electron chi connectivity index (χ4n) is 6.05. The van der Waals surface area contributed by atoms with Gasteiger partial charge in [-0.1, -0.05) is 60.2 Å². The number of amides is 1. The zero-order chi connectivity index (χ0) is 28.3. The number of carbonyl (C=O) groups is 1. The van der Waals surface area contributed by atoms with E-state index in [1.165, 1.54) is 28.7 Å². The van der Waals surface area contributed by atoms with Crippen LogP contribution in [0.2, 0.25) is 0 Å². The minimum Gasteiger partial charge on any atom is -0.497 e. The molecule has 1 fully saturated rings. The summed E-state index contributed by atoms with van der Waals surface area (Å²) >= 11 is 0. The Hall–Kier alpha value is -4.33. The third kappa shape index (κ3) is 5.38. The molecule has 0 N–H and O–H groups in total. The van der Waals surface area contributed by atoms with Crippen molar-refractivity contribution >= 4 is 6.09 Å². The van der Waals surface area contributed by atoms with Gasteiger partial charge in [-0.25, -0.2) is 9.48 Å². The average Bonchev–Trinajstić information content (AvgIpc) is 3.55. The monoisotopic (exact) mass is 552 g/mol. The Morgan fingerprint density at radius 1 is 1.00 bits per heavy atom. The summed E-state index contributed by atoms with van der Waals surface area (Å²) in [6, 6.07) is 22.5. The largest absolute Gasteiger partial charge is 0.497 e. The Bertz CT molecular complexity index is 1480.